The molecule has 0 aliphatic rings. The molecule has 0 aliphatic heterocycles. The second-order valence-electron chi connectivity index (χ2n) is 5.60. The Balaban J connectivity index is 2.56. The summed E-state index contributed by atoms with van der Waals surface area (Å²) in [5.74, 6) is 0. The maximum atomic E-state index is 15.6. The third-order valence-corrected chi connectivity index (χ3v) is 8.51. The quantitative estimate of drug-likeness (QED) is 0.408. The van der Waals surface area contributed by atoms with Gasteiger partial charge in [-0.3, -0.25) is 0 Å². The number of nitrogens with one attached hydrogen (secondary N) is 1. The van der Waals surface area contributed by atoms with E-state index in [2.05, 4.69) is 19.7 Å². The maximum absolute atomic E-state index is 15.6. The van der Waals surface area contributed by atoms with Crippen LogP contribution in [0.3, 0.4) is 0 Å². The number of hydrogen-bond acceptors (Lipinski definition) is 0. The summed E-state index contributed by atoms with van der Waals surface area (Å²) < 4.78 is 15.6. The van der Waals surface area contributed by atoms with Gasteiger partial charge in [-0.25, -0.2) is 0 Å². The van der Waals surface area contributed by atoms with Crippen molar-refractivity contribution in [3.05, 3.63) is 80.4 Å². The summed E-state index contributed by atoms with van der Waals surface area (Å²) >= 11 is 0. The van der Waals surface area contributed by atoms with E-state index in [-0.39, 0.29) is 4.79 Å². The number of fused-ring (bicyclic) bond motifs is 1. The molecule has 0 bridgehead atoms. The summed E-state index contributed by atoms with van der Waals surface area (Å²) in [6, 6.07) is 15.8. The Kier molecular flexibility index (Phi) is 5.47. The standard InChI is InChI=1S/C19H22FNSi/c1-4-14-22(15-5-2,16-6-3)21(20)19-13-9-11-17-10-7-8-12-18(17)19/h4-13H,1-3,14-16H2/p+1. The van der Waals surface area contributed by atoms with Gasteiger partial charge in [0.15, 0.2) is 5.69 Å². The normalized spacial score (nSPS) is 12.8. The molecular formula is C19H23FNSi+. The van der Waals surface area contributed by atoms with Gasteiger partial charge in [-0.05, 0) is 15.9 Å². The highest BCUT2D eigenvalue weighted by molar-refractivity contribution is 6.73. The molecule has 2 rings (SSSR count). The molecule has 2 aromatic carbocycles. The average molecular weight is 312 g/mol. The van der Waals surface area contributed by atoms with Gasteiger partial charge in [0.25, 0.3) is 0 Å². The van der Waals surface area contributed by atoms with Gasteiger partial charge in [0, 0.05) is 29.6 Å². The van der Waals surface area contributed by atoms with Gasteiger partial charge in [-0.15, -0.1) is 19.7 Å². The van der Waals surface area contributed by atoms with Crippen LogP contribution in [0.1, 0.15) is 0 Å². The molecule has 22 heavy (non-hydrogen) atoms. The van der Waals surface area contributed by atoms with Crippen LogP contribution in [0.25, 0.3) is 10.8 Å². The van der Waals surface area contributed by atoms with Crippen LogP contribution in [0.15, 0.2) is 80.4 Å². The van der Waals surface area contributed by atoms with Gasteiger partial charge in [-0.1, -0.05) is 48.6 Å². The Morgan fingerprint density at radius 1 is 0.864 bits per heavy atom. The van der Waals surface area contributed by atoms with E-state index in [4.69, 9.17) is 0 Å². The van der Waals surface area contributed by atoms with E-state index in [9.17, 15) is 0 Å². The van der Waals surface area contributed by atoms with E-state index in [1.54, 1.807) is 0 Å². The van der Waals surface area contributed by atoms with Crippen LogP contribution in [0.2, 0.25) is 18.1 Å². The second-order valence-corrected chi connectivity index (χ2v) is 9.82. The highest BCUT2D eigenvalue weighted by atomic mass is 28.3. The van der Waals surface area contributed by atoms with Gasteiger partial charge in [0.1, 0.15) is 0 Å². The molecule has 0 saturated heterocycles. The van der Waals surface area contributed by atoms with Gasteiger partial charge < -0.3 is 0 Å². The molecule has 0 heterocycles. The van der Waals surface area contributed by atoms with Crippen LogP contribution in [0.4, 0.5) is 10.2 Å². The number of rotatable bonds is 8. The van der Waals surface area contributed by atoms with Gasteiger partial charge in [0.05, 0.1) is 0 Å². The molecule has 1 unspecified atom stereocenters. The molecule has 0 radical (unpaired) electrons. The number of halogens is 1. The van der Waals surface area contributed by atoms with Crippen molar-refractivity contribution in [2.75, 3.05) is 0 Å². The van der Waals surface area contributed by atoms with Crippen molar-refractivity contribution in [3.8, 4) is 0 Å². The number of hydrogen-bond donors (Lipinski definition) is 1. The van der Waals surface area contributed by atoms with E-state index in [0.717, 1.165) is 16.5 Å². The Labute approximate surface area is 133 Å². The lowest BCUT2D eigenvalue weighted by atomic mass is 10.1. The fourth-order valence-electron chi connectivity index (χ4n) is 3.05. The molecule has 1 nitrogen and oxygen atoms in total. The SMILES string of the molecule is C=CC[Si](CC=C)(CC=C)[NH+](F)c1cccc2ccccc12. The lowest BCUT2D eigenvalue weighted by molar-refractivity contribution is -0.889. The molecule has 1 atom stereocenters. The van der Waals surface area contributed by atoms with Crippen molar-refractivity contribution in [1.29, 1.82) is 0 Å². The van der Waals surface area contributed by atoms with Crippen molar-refractivity contribution in [1.82, 2.24) is 0 Å². The Hall–Kier alpha value is -1.97. The summed E-state index contributed by atoms with van der Waals surface area (Å²) in [4.78, 5) is 0.0315. The van der Waals surface area contributed by atoms with Crippen molar-refractivity contribution >= 4 is 24.7 Å². The van der Waals surface area contributed by atoms with E-state index in [1.165, 1.54) is 0 Å². The van der Waals surface area contributed by atoms with E-state index < -0.39 is 8.24 Å². The van der Waals surface area contributed by atoms with Crippen molar-refractivity contribution in [2.24, 2.45) is 0 Å². The number of quaternary nitrogens is 1. The Morgan fingerprint density at radius 2 is 1.41 bits per heavy atom. The van der Waals surface area contributed by atoms with Crippen LogP contribution in [0.5, 0.6) is 0 Å². The third-order valence-electron chi connectivity index (χ3n) is 4.10. The number of benzene rings is 2. The lowest BCUT2D eigenvalue weighted by Crippen LogP contribution is -3.12. The molecule has 1 N–H and O–H groups in total. The minimum atomic E-state index is -2.36. The summed E-state index contributed by atoms with van der Waals surface area (Å²) in [7, 11) is -2.36. The second kappa shape index (κ2) is 7.34. The molecule has 0 aromatic heterocycles. The first-order valence-corrected chi connectivity index (χ1v) is 10.1. The monoisotopic (exact) mass is 312 g/mol. The van der Waals surface area contributed by atoms with Crippen molar-refractivity contribution in [2.45, 2.75) is 18.1 Å². The molecule has 0 amide bonds. The Bertz CT molecular complexity index is 648. The highest BCUT2D eigenvalue weighted by Gasteiger charge is 2.46. The number of allylic oxidation sites excluding steroid dienone is 3. The fourth-order valence-corrected chi connectivity index (χ4v) is 6.53. The molecular weight excluding hydrogens is 289 g/mol. The molecule has 0 saturated carbocycles. The zero-order valence-electron chi connectivity index (χ0n) is 12.9. The summed E-state index contributed by atoms with van der Waals surface area (Å²) in [5, 5.41) is 2.03. The summed E-state index contributed by atoms with van der Waals surface area (Å²) in [6.45, 7) is 11.5. The summed E-state index contributed by atoms with van der Waals surface area (Å²) in [5.41, 5.74) is 0.718. The van der Waals surface area contributed by atoms with Crippen LogP contribution < -0.4 is 4.79 Å². The first-order chi connectivity index (χ1) is 10.7. The van der Waals surface area contributed by atoms with E-state index in [0.29, 0.717) is 18.1 Å². The first kappa shape index (κ1) is 16.4. The fraction of sp³-hybridized carbons (Fsp3) is 0.158. The molecule has 3 heteroatoms. The minimum absolute atomic E-state index is 0.0315. The zero-order valence-corrected chi connectivity index (χ0v) is 13.9. The van der Waals surface area contributed by atoms with Crippen LogP contribution >= 0.6 is 0 Å². The predicted octanol–water partition coefficient (Wildman–Crippen LogP) is 4.74. The molecule has 0 fully saturated rings. The van der Waals surface area contributed by atoms with Crippen molar-refractivity contribution in [3.63, 3.8) is 0 Å². The highest BCUT2D eigenvalue weighted by Crippen LogP contribution is 2.24. The van der Waals surface area contributed by atoms with E-state index in [1.807, 2.05) is 60.7 Å². The topological polar surface area (TPSA) is 4.44 Å². The van der Waals surface area contributed by atoms with Crippen LogP contribution in [-0.4, -0.2) is 8.24 Å². The van der Waals surface area contributed by atoms with Gasteiger partial charge >= 0.3 is 8.24 Å². The predicted molar refractivity (Wildman–Crippen MR) is 96.4 cm³/mol. The summed E-state index contributed by atoms with van der Waals surface area (Å²) in [6.07, 6.45) is 5.51. The minimum Gasteiger partial charge on any atom is -0.161 e. The lowest BCUT2D eigenvalue weighted by Gasteiger charge is -2.28. The van der Waals surface area contributed by atoms with Gasteiger partial charge in [-0.2, -0.15) is 4.79 Å². The molecule has 2 aromatic rings. The van der Waals surface area contributed by atoms with E-state index >= 15 is 4.48 Å². The first-order valence-electron chi connectivity index (χ1n) is 7.52. The zero-order chi connectivity index (χ0) is 16.0. The largest absolute Gasteiger partial charge is 0.338 e. The molecule has 114 valence electrons. The maximum Gasteiger partial charge on any atom is 0.338 e. The molecule has 0 spiro atoms. The van der Waals surface area contributed by atoms with Crippen molar-refractivity contribution < 1.29 is 9.27 Å². The smallest absolute Gasteiger partial charge is 0.161 e. The third kappa shape index (κ3) is 3.10. The Morgan fingerprint density at radius 3 is 2.00 bits per heavy atom. The van der Waals surface area contributed by atoms with Crippen LogP contribution in [0, 0.1) is 0 Å². The van der Waals surface area contributed by atoms with Gasteiger partial charge in [0.2, 0.25) is 0 Å². The average Bonchev–Trinajstić information content (AvgIpc) is 2.54. The van der Waals surface area contributed by atoms with Crippen LogP contribution in [-0.2, 0) is 0 Å². The molecule has 0 aliphatic carbocycles.